The fourth-order valence-electron chi connectivity index (χ4n) is 2.43. The first-order chi connectivity index (χ1) is 10.1. The van der Waals surface area contributed by atoms with Gasteiger partial charge in [0.05, 0.1) is 26.2 Å². The fourth-order valence-corrected chi connectivity index (χ4v) is 2.43. The molecule has 0 bridgehead atoms. The van der Waals surface area contributed by atoms with Gasteiger partial charge in [-0.1, -0.05) is 12.1 Å². The van der Waals surface area contributed by atoms with Crippen LogP contribution < -0.4 is 5.73 Å². The molecule has 0 aliphatic carbocycles. The lowest BCUT2D eigenvalue weighted by molar-refractivity contribution is -0.145. The Kier molecular flexibility index (Phi) is 5.67. The Morgan fingerprint density at radius 2 is 2.38 bits per heavy atom. The lowest BCUT2D eigenvalue weighted by atomic mass is 10.1. The normalized spacial score (nSPS) is 19.5. The summed E-state index contributed by atoms with van der Waals surface area (Å²) in [6.07, 6.45) is 0.0187. The van der Waals surface area contributed by atoms with Crippen molar-refractivity contribution in [3.05, 3.63) is 35.1 Å². The van der Waals surface area contributed by atoms with E-state index in [2.05, 4.69) is 9.64 Å². The summed E-state index contributed by atoms with van der Waals surface area (Å²) in [6, 6.07) is 4.93. The summed E-state index contributed by atoms with van der Waals surface area (Å²) < 4.78 is 24.0. The standard InChI is InChI=1S/C15H21FN2O3/c1-20-15(19)7-13-10-18(4-5-21-13)9-12-6-11(8-17)2-3-14(12)16/h2-3,6,13H,4-5,7-10,17H2,1H3. The minimum atomic E-state index is -0.293. The Balaban J connectivity index is 1.97. The van der Waals surface area contributed by atoms with Crippen molar-refractivity contribution in [1.29, 1.82) is 0 Å². The van der Waals surface area contributed by atoms with Crippen LogP contribution in [-0.2, 0) is 27.4 Å². The van der Waals surface area contributed by atoms with Crippen molar-refractivity contribution >= 4 is 5.97 Å². The SMILES string of the molecule is COC(=O)CC1CN(Cc2cc(CN)ccc2F)CCO1. The van der Waals surface area contributed by atoms with Crippen molar-refractivity contribution in [3.63, 3.8) is 0 Å². The molecule has 116 valence electrons. The van der Waals surface area contributed by atoms with Crippen LogP contribution in [0.2, 0.25) is 0 Å². The largest absolute Gasteiger partial charge is 0.469 e. The molecule has 1 unspecified atom stereocenters. The summed E-state index contributed by atoms with van der Waals surface area (Å²) in [4.78, 5) is 13.4. The highest BCUT2D eigenvalue weighted by atomic mass is 19.1. The highest BCUT2D eigenvalue weighted by Gasteiger charge is 2.23. The monoisotopic (exact) mass is 296 g/mol. The van der Waals surface area contributed by atoms with Crippen molar-refractivity contribution in [2.45, 2.75) is 25.6 Å². The number of esters is 1. The first kappa shape index (κ1) is 15.9. The Morgan fingerprint density at radius 1 is 1.57 bits per heavy atom. The molecule has 2 rings (SSSR count). The van der Waals surface area contributed by atoms with Crippen LogP contribution in [0.25, 0.3) is 0 Å². The Morgan fingerprint density at radius 3 is 3.10 bits per heavy atom. The molecule has 21 heavy (non-hydrogen) atoms. The number of methoxy groups -OCH3 is 1. The average Bonchev–Trinajstić information content (AvgIpc) is 2.49. The van der Waals surface area contributed by atoms with E-state index in [0.717, 1.165) is 5.56 Å². The third kappa shape index (κ3) is 4.49. The zero-order valence-electron chi connectivity index (χ0n) is 12.2. The maximum absolute atomic E-state index is 13.8. The predicted octanol–water partition coefficient (Wildman–Crippen LogP) is 1.05. The molecule has 1 saturated heterocycles. The molecule has 2 N–H and O–H groups in total. The lowest BCUT2D eigenvalue weighted by Crippen LogP contribution is -2.43. The van der Waals surface area contributed by atoms with Crippen LogP contribution in [0.15, 0.2) is 18.2 Å². The summed E-state index contributed by atoms with van der Waals surface area (Å²) in [5.41, 5.74) is 7.12. The van der Waals surface area contributed by atoms with Crippen LogP contribution in [0.5, 0.6) is 0 Å². The summed E-state index contributed by atoms with van der Waals surface area (Å²) in [5, 5.41) is 0. The number of hydrogen-bond acceptors (Lipinski definition) is 5. The summed E-state index contributed by atoms with van der Waals surface area (Å²) in [6.45, 7) is 2.70. The fraction of sp³-hybridized carbons (Fsp3) is 0.533. The molecule has 1 aliphatic rings. The molecule has 0 aromatic heterocycles. The number of carbonyl (C=O) groups excluding carboxylic acids is 1. The van der Waals surface area contributed by atoms with E-state index < -0.39 is 0 Å². The quantitative estimate of drug-likeness (QED) is 0.823. The van der Waals surface area contributed by atoms with Gasteiger partial charge in [-0.3, -0.25) is 9.69 Å². The van der Waals surface area contributed by atoms with E-state index in [1.165, 1.54) is 13.2 Å². The van der Waals surface area contributed by atoms with Crippen molar-refractivity contribution in [3.8, 4) is 0 Å². The summed E-state index contributed by atoms with van der Waals surface area (Å²) in [7, 11) is 1.36. The molecule has 0 spiro atoms. The molecule has 6 heteroatoms. The van der Waals surface area contributed by atoms with Crippen LogP contribution in [0.3, 0.4) is 0 Å². The van der Waals surface area contributed by atoms with Gasteiger partial charge in [0.2, 0.25) is 0 Å². The van der Waals surface area contributed by atoms with Gasteiger partial charge >= 0.3 is 5.97 Å². The number of hydrogen-bond donors (Lipinski definition) is 1. The van der Waals surface area contributed by atoms with E-state index in [1.54, 1.807) is 12.1 Å². The van der Waals surface area contributed by atoms with Gasteiger partial charge in [-0.15, -0.1) is 0 Å². The van der Waals surface area contributed by atoms with E-state index >= 15 is 0 Å². The number of nitrogens with two attached hydrogens (primary N) is 1. The first-order valence-corrected chi connectivity index (χ1v) is 7.00. The van der Waals surface area contributed by atoms with Crippen LogP contribution in [0.4, 0.5) is 4.39 Å². The summed E-state index contributed by atoms with van der Waals surface area (Å²) in [5.74, 6) is -0.527. The molecule has 1 aromatic carbocycles. The number of carbonyl (C=O) groups is 1. The maximum Gasteiger partial charge on any atom is 0.308 e. The zero-order chi connectivity index (χ0) is 15.2. The minimum Gasteiger partial charge on any atom is -0.469 e. The molecule has 1 aliphatic heterocycles. The number of morpholine rings is 1. The molecule has 1 aromatic rings. The lowest BCUT2D eigenvalue weighted by Gasteiger charge is -2.32. The molecule has 0 amide bonds. The van der Waals surface area contributed by atoms with Gasteiger partial charge in [-0.05, 0) is 11.6 Å². The van der Waals surface area contributed by atoms with Crippen LogP contribution in [0, 0.1) is 5.82 Å². The maximum atomic E-state index is 13.8. The molecule has 1 atom stereocenters. The van der Waals surface area contributed by atoms with Gasteiger partial charge in [-0.25, -0.2) is 4.39 Å². The van der Waals surface area contributed by atoms with E-state index in [-0.39, 0.29) is 24.3 Å². The zero-order valence-corrected chi connectivity index (χ0v) is 12.2. The van der Waals surface area contributed by atoms with E-state index in [1.807, 2.05) is 0 Å². The number of nitrogens with zero attached hydrogens (tertiary/aromatic N) is 1. The van der Waals surface area contributed by atoms with Gasteiger partial charge in [-0.2, -0.15) is 0 Å². The molecular weight excluding hydrogens is 275 g/mol. The Bertz CT molecular complexity index is 496. The molecule has 0 radical (unpaired) electrons. The third-order valence-electron chi connectivity index (χ3n) is 3.58. The smallest absolute Gasteiger partial charge is 0.308 e. The second-order valence-electron chi connectivity index (χ2n) is 5.14. The van der Waals surface area contributed by atoms with Gasteiger partial charge in [0.25, 0.3) is 0 Å². The first-order valence-electron chi connectivity index (χ1n) is 7.00. The molecule has 1 fully saturated rings. The van der Waals surface area contributed by atoms with Gasteiger partial charge in [0.15, 0.2) is 0 Å². The van der Waals surface area contributed by atoms with Crippen LogP contribution in [0.1, 0.15) is 17.5 Å². The predicted molar refractivity (Wildman–Crippen MR) is 75.9 cm³/mol. The topological polar surface area (TPSA) is 64.8 Å². The van der Waals surface area contributed by atoms with E-state index in [4.69, 9.17) is 10.5 Å². The summed E-state index contributed by atoms with van der Waals surface area (Å²) >= 11 is 0. The van der Waals surface area contributed by atoms with Gasteiger partial charge in [0, 0.05) is 31.7 Å². The Labute approximate surface area is 123 Å². The van der Waals surface area contributed by atoms with E-state index in [0.29, 0.717) is 38.3 Å². The second kappa shape index (κ2) is 7.49. The number of benzene rings is 1. The Hall–Kier alpha value is -1.50. The molecular formula is C15H21FN2O3. The van der Waals surface area contributed by atoms with Crippen molar-refractivity contribution in [1.82, 2.24) is 4.90 Å². The van der Waals surface area contributed by atoms with Gasteiger partial charge in [0.1, 0.15) is 5.82 Å². The van der Waals surface area contributed by atoms with Gasteiger partial charge < -0.3 is 15.2 Å². The van der Waals surface area contributed by atoms with Crippen molar-refractivity contribution in [2.75, 3.05) is 26.8 Å². The third-order valence-corrected chi connectivity index (χ3v) is 3.58. The van der Waals surface area contributed by atoms with Crippen LogP contribution in [-0.4, -0.2) is 43.8 Å². The second-order valence-corrected chi connectivity index (χ2v) is 5.14. The number of halogens is 1. The average molecular weight is 296 g/mol. The molecule has 1 heterocycles. The van der Waals surface area contributed by atoms with Crippen molar-refractivity contribution in [2.24, 2.45) is 5.73 Å². The highest BCUT2D eigenvalue weighted by Crippen LogP contribution is 2.16. The van der Waals surface area contributed by atoms with Crippen LogP contribution >= 0.6 is 0 Å². The highest BCUT2D eigenvalue weighted by molar-refractivity contribution is 5.69. The number of rotatable bonds is 5. The minimum absolute atomic E-state index is 0.202. The molecule has 0 saturated carbocycles. The molecule has 5 nitrogen and oxygen atoms in total. The number of ether oxygens (including phenoxy) is 2. The van der Waals surface area contributed by atoms with Crippen molar-refractivity contribution < 1.29 is 18.7 Å². The van der Waals surface area contributed by atoms with E-state index in [9.17, 15) is 9.18 Å².